The van der Waals surface area contributed by atoms with Crippen molar-refractivity contribution in [2.75, 3.05) is 32.2 Å². The first kappa shape index (κ1) is 27.8. The van der Waals surface area contributed by atoms with Crippen molar-refractivity contribution in [1.82, 2.24) is 5.01 Å². The molecule has 0 aromatic heterocycles. The molecule has 0 saturated carbocycles. The summed E-state index contributed by atoms with van der Waals surface area (Å²) < 4.78 is 11.4. The van der Waals surface area contributed by atoms with Crippen molar-refractivity contribution in [3.05, 3.63) is 71.1 Å². The molecule has 0 bridgehead atoms. The number of halogens is 1. The fourth-order valence-corrected chi connectivity index (χ4v) is 3.45. The third-order valence-electron chi connectivity index (χ3n) is 5.46. The van der Waals surface area contributed by atoms with Gasteiger partial charge in [-0.3, -0.25) is 0 Å². The van der Waals surface area contributed by atoms with Crippen LogP contribution in [0.2, 0.25) is 0 Å². The van der Waals surface area contributed by atoms with Crippen LogP contribution >= 0.6 is 11.6 Å². The Morgan fingerprint density at radius 3 is 2.26 bits per heavy atom. The summed E-state index contributed by atoms with van der Waals surface area (Å²) >= 11 is 5.63. The molecule has 188 valence electrons. The van der Waals surface area contributed by atoms with E-state index in [2.05, 4.69) is 19.9 Å². The topological polar surface area (TPSA) is 134 Å². The maximum absolute atomic E-state index is 10.1. The van der Waals surface area contributed by atoms with E-state index in [-0.39, 0.29) is 43.4 Å². The molecule has 0 aliphatic carbocycles. The molecule has 2 aromatic carbocycles. The van der Waals surface area contributed by atoms with Crippen LogP contribution in [0.4, 0.5) is 0 Å². The summed E-state index contributed by atoms with van der Waals surface area (Å²) in [5.41, 5.74) is 8.65. The molecule has 0 heterocycles. The first-order valence-corrected chi connectivity index (χ1v) is 11.6. The van der Waals surface area contributed by atoms with Crippen molar-refractivity contribution in [1.29, 1.82) is 0 Å². The standard InChI is InChI=1S/C25H36ClN3O5/c1-17-10-19(6-9-24(17)34-15-21(31)11-26)25(2,3)18-4-7-23(8-5-18)33-16-22(32)13-29(28)12-20(27)14-30/h4-10,12,21-22,30-32H,11,13-16,27-28H2,1-3H3/b20-12-. The van der Waals surface area contributed by atoms with Gasteiger partial charge in [-0.05, 0) is 41.8 Å². The number of alkyl halides is 1. The SMILES string of the molecule is Cc1cc(C(C)(C)c2ccc(OCC(O)CN(N)/C=C(\N)CO)cc2)ccc1OCC(O)CCl. The minimum absolute atomic E-state index is 0.0579. The van der Waals surface area contributed by atoms with Crippen LogP contribution in [-0.2, 0) is 5.41 Å². The van der Waals surface area contributed by atoms with Gasteiger partial charge in [-0.25, -0.2) is 5.84 Å². The number of nitrogens with two attached hydrogens (primary N) is 2. The Balaban J connectivity index is 1.99. The van der Waals surface area contributed by atoms with Gasteiger partial charge in [-0.15, -0.1) is 11.6 Å². The molecule has 2 aromatic rings. The molecular formula is C25H36ClN3O5. The highest BCUT2D eigenvalue weighted by atomic mass is 35.5. The molecule has 2 rings (SSSR count). The van der Waals surface area contributed by atoms with Gasteiger partial charge in [0.2, 0.25) is 0 Å². The second-order valence-electron chi connectivity index (χ2n) is 8.77. The number of hydrazine groups is 1. The van der Waals surface area contributed by atoms with Gasteiger partial charge in [0.15, 0.2) is 0 Å². The number of nitrogens with zero attached hydrogens (tertiary/aromatic N) is 1. The molecule has 8 nitrogen and oxygen atoms in total. The number of aliphatic hydroxyl groups is 3. The molecule has 2 unspecified atom stereocenters. The zero-order valence-electron chi connectivity index (χ0n) is 19.9. The van der Waals surface area contributed by atoms with Crippen molar-refractivity contribution in [2.24, 2.45) is 11.6 Å². The highest BCUT2D eigenvalue weighted by Crippen LogP contribution is 2.34. The first-order valence-electron chi connectivity index (χ1n) is 11.0. The highest BCUT2D eigenvalue weighted by Gasteiger charge is 2.24. The van der Waals surface area contributed by atoms with E-state index in [1.54, 1.807) is 0 Å². The van der Waals surface area contributed by atoms with Crippen LogP contribution in [0.1, 0.15) is 30.5 Å². The molecule has 0 amide bonds. The van der Waals surface area contributed by atoms with Crippen molar-refractivity contribution in [2.45, 2.75) is 38.4 Å². The van der Waals surface area contributed by atoms with E-state index in [9.17, 15) is 10.2 Å². The second kappa shape index (κ2) is 12.8. The number of ether oxygens (including phenoxy) is 2. The fraction of sp³-hybridized carbons (Fsp3) is 0.440. The van der Waals surface area contributed by atoms with Gasteiger partial charge in [-0.1, -0.05) is 38.1 Å². The molecule has 0 saturated heterocycles. The molecule has 0 radical (unpaired) electrons. The van der Waals surface area contributed by atoms with Gasteiger partial charge in [0.25, 0.3) is 0 Å². The van der Waals surface area contributed by atoms with Gasteiger partial charge in [0.1, 0.15) is 36.9 Å². The van der Waals surface area contributed by atoms with E-state index < -0.39 is 12.2 Å². The first-order chi connectivity index (χ1) is 16.1. The Labute approximate surface area is 206 Å². The summed E-state index contributed by atoms with van der Waals surface area (Å²) in [6, 6.07) is 13.7. The van der Waals surface area contributed by atoms with Crippen molar-refractivity contribution in [3.8, 4) is 11.5 Å². The van der Waals surface area contributed by atoms with E-state index in [0.29, 0.717) is 5.75 Å². The Kier molecular flexibility index (Phi) is 10.5. The Morgan fingerprint density at radius 2 is 1.68 bits per heavy atom. The van der Waals surface area contributed by atoms with Gasteiger partial charge >= 0.3 is 0 Å². The molecule has 0 aliphatic heterocycles. The normalized spacial score (nSPS) is 13.9. The molecule has 2 atom stereocenters. The molecule has 34 heavy (non-hydrogen) atoms. The lowest BCUT2D eigenvalue weighted by molar-refractivity contribution is 0.0815. The van der Waals surface area contributed by atoms with Crippen LogP contribution in [0.15, 0.2) is 54.4 Å². The van der Waals surface area contributed by atoms with E-state index in [4.69, 9.17) is 37.8 Å². The highest BCUT2D eigenvalue weighted by molar-refractivity contribution is 6.18. The summed E-state index contributed by atoms with van der Waals surface area (Å²) in [5, 5.41) is 29.9. The van der Waals surface area contributed by atoms with Crippen LogP contribution in [0, 0.1) is 6.92 Å². The average Bonchev–Trinajstić information content (AvgIpc) is 2.81. The Hall–Kier alpha value is -2.49. The maximum Gasteiger partial charge on any atom is 0.122 e. The van der Waals surface area contributed by atoms with Crippen LogP contribution < -0.4 is 21.1 Å². The summed E-state index contributed by atoms with van der Waals surface area (Å²) in [6.07, 6.45) is -0.169. The average molecular weight is 494 g/mol. The number of aryl methyl sites for hydroxylation is 1. The lowest BCUT2D eigenvalue weighted by atomic mass is 9.77. The quantitative estimate of drug-likeness (QED) is 0.162. The predicted octanol–water partition coefficient (Wildman–Crippen LogP) is 2.01. The molecule has 0 spiro atoms. The van der Waals surface area contributed by atoms with Crippen LogP contribution in [0.25, 0.3) is 0 Å². The lowest BCUT2D eigenvalue weighted by Crippen LogP contribution is -2.37. The van der Waals surface area contributed by atoms with Gasteiger partial charge in [0.05, 0.1) is 24.7 Å². The van der Waals surface area contributed by atoms with Crippen molar-refractivity contribution < 1.29 is 24.8 Å². The van der Waals surface area contributed by atoms with E-state index in [0.717, 1.165) is 22.4 Å². The van der Waals surface area contributed by atoms with Gasteiger partial charge < -0.3 is 35.5 Å². The Morgan fingerprint density at radius 1 is 1.06 bits per heavy atom. The molecule has 0 aliphatic rings. The molecule has 9 heteroatoms. The summed E-state index contributed by atoms with van der Waals surface area (Å²) in [7, 11) is 0. The molecule has 7 N–H and O–H groups in total. The number of aliphatic hydroxyl groups excluding tert-OH is 3. The number of rotatable bonds is 13. The Bertz CT molecular complexity index is 937. The van der Waals surface area contributed by atoms with E-state index in [1.807, 2.05) is 43.3 Å². The van der Waals surface area contributed by atoms with E-state index in [1.165, 1.54) is 11.2 Å². The minimum atomic E-state index is -0.835. The smallest absolute Gasteiger partial charge is 0.122 e. The predicted molar refractivity (Wildman–Crippen MR) is 134 cm³/mol. The maximum atomic E-state index is 10.1. The largest absolute Gasteiger partial charge is 0.491 e. The van der Waals surface area contributed by atoms with Crippen LogP contribution in [0.5, 0.6) is 11.5 Å². The molecule has 0 fully saturated rings. The lowest BCUT2D eigenvalue weighted by Gasteiger charge is -2.27. The van der Waals surface area contributed by atoms with Crippen LogP contribution in [0.3, 0.4) is 0 Å². The zero-order valence-corrected chi connectivity index (χ0v) is 20.7. The third-order valence-corrected chi connectivity index (χ3v) is 5.82. The second-order valence-corrected chi connectivity index (χ2v) is 9.08. The van der Waals surface area contributed by atoms with Gasteiger partial charge in [0, 0.05) is 11.6 Å². The van der Waals surface area contributed by atoms with Crippen molar-refractivity contribution in [3.63, 3.8) is 0 Å². The number of hydrogen-bond acceptors (Lipinski definition) is 8. The molecular weight excluding hydrogens is 458 g/mol. The summed E-state index contributed by atoms with van der Waals surface area (Å²) in [5.74, 6) is 7.20. The monoisotopic (exact) mass is 493 g/mol. The van der Waals surface area contributed by atoms with E-state index >= 15 is 0 Å². The van der Waals surface area contributed by atoms with Gasteiger partial charge in [-0.2, -0.15) is 0 Å². The number of benzene rings is 2. The van der Waals surface area contributed by atoms with Crippen molar-refractivity contribution >= 4 is 11.6 Å². The summed E-state index contributed by atoms with van der Waals surface area (Å²) in [6.45, 7) is 6.26. The van der Waals surface area contributed by atoms with Crippen LogP contribution in [-0.4, -0.2) is 64.8 Å². The number of hydrogen-bond donors (Lipinski definition) is 5. The minimum Gasteiger partial charge on any atom is -0.491 e. The zero-order chi connectivity index (χ0) is 25.3. The third kappa shape index (κ3) is 8.07. The summed E-state index contributed by atoms with van der Waals surface area (Å²) in [4.78, 5) is 0. The fourth-order valence-electron chi connectivity index (χ4n) is 3.36.